The number of carbonyl (C=O) groups is 2. The van der Waals surface area contributed by atoms with Crippen LogP contribution in [0.3, 0.4) is 0 Å². The number of benzene rings is 2. The van der Waals surface area contributed by atoms with Gasteiger partial charge in [0.15, 0.2) is 0 Å². The molecule has 0 fully saturated rings. The zero-order valence-corrected chi connectivity index (χ0v) is 14.4. The lowest BCUT2D eigenvalue weighted by Gasteiger charge is -2.09. The van der Waals surface area contributed by atoms with Crippen molar-refractivity contribution in [2.24, 2.45) is 0 Å². The van der Waals surface area contributed by atoms with Gasteiger partial charge in [0.25, 0.3) is 0 Å². The zero-order valence-electron chi connectivity index (χ0n) is 12.8. The van der Waals surface area contributed by atoms with Gasteiger partial charge in [0.2, 0.25) is 5.91 Å². The molecule has 0 atom stereocenters. The van der Waals surface area contributed by atoms with Crippen molar-refractivity contribution >= 4 is 40.9 Å². The Labute approximate surface area is 148 Å². The number of anilines is 1. The smallest absolute Gasteiger partial charge is 0.339 e. The van der Waals surface area contributed by atoms with Crippen molar-refractivity contribution in [1.29, 1.82) is 0 Å². The number of carbonyl (C=O) groups excluding carboxylic acids is 2. The number of nitrogens with one attached hydrogen (secondary N) is 1. The van der Waals surface area contributed by atoms with Crippen LogP contribution in [0.5, 0.6) is 0 Å². The van der Waals surface area contributed by atoms with E-state index in [4.69, 9.17) is 11.6 Å². The van der Waals surface area contributed by atoms with E-state index in [2.05, 4.69) is 10.1 Å². The van der Waals surface area contributed by atoms with Crippen molar-refractivity contribution in [3.8, 4) is 0 Å². The van der Waals surface area contributed by atoms with Gasteiger partial charge in [-0.2, -0.15) is 0 Å². The van der Waals surface area contributed by atoms with E-state index in [1.54, 1.807) is 36.4 Å². The molecule has 0 saturated heterocycles. The van der Waals surface area contributed by atoms with Crippen LogP contribution in [-0.2, 0) is 15.3 Å². The molecule has 2 aromatic carbocycles. The summed E-state index contributed by atoms with van der Waals surface area (Å²) in [6.45, 7) is 0. The van der Waals surface area contributed by atoms with Crippen molar-refractivity contribution in [2.75, 3.05) is 18.2 Å². The minimum atomic E-state index is -0.526. The Bertz CT molecular complexity index is 754. The summed E-state index contributed by atoms with van der Waals surface area (Å²) in [7, 11) is 1.28. The van der Waals surface area contributed by atoms with Crippen molar-refractivity contribution in [2.45, 2.75) is 5.75 Å². The second-order valence-electron chi connectivity index (χ2n) is 4.81. The third-order valence-corrected chi connectivity index (χ3v) is 4.33. The number of esters is 1. The number of hydrogen-bond acceptors (Lipinski definition) is 4. The average Bonchev–Trinajstić information content (AvgIpc) is 2.56. The standard InChI is InChI=1S/C17H15ClFNO3S/c1-23-17(22)13-4-2-3-5-15(13)20-16(21)10-24-9-11-6-7-12(18)8-14(11)19/h2-8H,9-10H2,1H3,(H,20,21). The van der Waals surface area contributed by atoms with Crippen molar-refractivity contribution in [3.05, 3.63) is 64.4 Å². The number of ether oxygens (including phenoxy) is 1. The Kier molecular flexibility index (Phi) is 6.63. The molecule has 1 amide bonds. The molecule has 2 rings (SSSR count). The van der Waals surface area contributed by atoms with E-state index in [1.165, 1.54) is 24.9 Å². The Balaban J connectivity index is 1.91. The molecule has 0 saturated carbocycles. The van der Waals surface area contributed by atoms with Gasteiger partial charge in [-0.1, -0.05) is 29.8 Å². The van der Waals surface area contributed by atoms with Crippen LogP contribution in [0, 0.1) is 5.82 Å². The fraction of sp³-hybridized carbons (Fsp3) is 0.176. The van der Waals surface area contributed by atoms with E-state index in [1.807, 2.05) is 0 Å². The van der Waals surface area contributed by atoms with Gasteiger partial charge in [0.05, 0.1) is 24.1 Å². The topological polar surface area (TPSA) is 55.4 Å². The summed E-state index contributed by atoms with van der Waals surface area (Å²) in [6.07, 6.45) is 0. The van der Waals surface area contributed by atoms with Crippen LogP contribution in [-0.4, -0.2) is 24.7 Å². The molecule has 24 heavy (non-hydrogen) atoms. The van der Waals surface area contributed by atoms with Crippen LogP contribution in [0.25, 0.3) is 0 Å². The lowest BCUT2D eigenvalue weighted by molar-refractivity contribution is -0.113. The van der Waals surface area contributed by atoms with E-state index < -0.39 is 11.8 Å². The molecule has 0 radical (unpaired) electrons. The molecular formula is C17H15ClFNO3S. The monoisotopic (exact) mass is 367 g/mol. The van der Waals surface area contributed by atoms with Crippen LogP contribution < -0.4 is 5.32 Å². The highest BCUT2D eigenvalue weighted by Gasteiger charge is 2.13. The summed E-state index contributed by atoms with van der Waals surface area (Å²) in [5.41, 5.74) is 1.14. The number of halogens is 2. The SMILES string of the molecule is COC(=O)c1ccccc1NC(=O)CSCc1ccc(Cl)cc1F. The molecule has 0 aliphatic rings. The normalized spacial score (nSPS) is 10.3. The molecule has 0 aliphatic carbocycles. The molecular weight excluding hydrogens is 353 g/mol. The molecule has 0 heterocycles. The quantitative estimate of drug-likeness (QED) is 0.780. The number of amides is 1. The highest BCUT2D eigenvalue weighted by molar-refractivity contribution is 7.99. The van der Waals surface area contributed by atoms with Crippen molar-refractivity contribution in [3.63, 3.8) is 0 Å². The molecule has 0 aliphatic heterocycles. The molecule has 4 nitrogen and oxygen atoms in total. The van der Waals surface area contributed by atoms with E-state index in [0.717, 1.165) is 0 Å². The van der Waals surface area contributed by atoms with E-state index in [0.29, 0.717) is 22.0 Å². The number of hydrogen-bond donors (Lipinski definition) is 1. The summed E-state index contributed by atoms with van der Waals surface area (Å²) in [5, 5.41) is 2.99. The van der Waals surface area contributed by atoms with Crippen LogP contribution in [0.15, 0.2) is 42.5 Å². The third kappa shape index (κ3) is 4.97. The molecule has 126 valence electrons. The minimum absolute atomic E-state index is 0.123. The van der Waals surface area contributed by atoms with Crippen molar-refractivity contribution in [1.82, 2.24) is 0 Å². The van der Waals surface area contributed by atoms with Gasteiger partial charge < -0.3 is 10.1 Å². The molecule has 1 N–H and O–H groups in total. The molecule has 2 aromatic rings. The maximum absolute atomic E-state index is 13.7. The highest BCUT2D eigenvalue weighted by Crippen LogP contribution is 2.20. The Morgan fingerprint density at radius 3 is 2.71 bits per heavy atom. The third-order valence-electron chi connectivity index (χ3n) is 3.11. The van der Waals surface area contributed by atoms with Crippen LogP contribution in [0.4, 0.5) is 10.1 Å². The lowest BCUT2D eigenvalue weighted by atomic mass is 10.2. The first-order valence-corrected chi connectivity index (χ1v) is 8.53. The van der Waals surface area contributed by atoms with Crippen LogP contribution in [0.1, 0.15) is 15.9 Å². The lowest BCUT2D eigenvalue weighted by Crippen LogP contribution is -2.17. The van der Waals surface area contributed by atoms with Gasteiger partial charge >= 0.3 is 5.97 Å². The molecule has 0 aromatic heterocycles. The van der Waals surface area contributed by atoms with Crippen LogP contribution >= 0.6 is 23.4 Å². The number of thioether (sulfide) groups is 1. The van der Waals surface area contributed by atoms with Gasteiger partial charge in [-0.05, 0) is 29.8 Å². The summed E-state index contributed by atoms with van der Waals surface area (Å²) in [5.74, 6) is -0.744. The summed E-state index contributed by atoms with van der Waals surface area (Å²) in [4.78, 5) is 23.7. The number of rotatable bonds is 6. The fourth-order valence-corrected chi connectivity index (χ4v) is 2.93. The number of para-hydroxylation sites is 1. The molecule has 0 spiro atoms. The van der Waals surface area contributed by atoms with Crippen LogP contribution in [0.2, 0.25) is 5.02 Å². The van der Waals surface area contributed by atoms with Gasteiger partial charge in [0, 0.05) is 10.8 Å². The first-order chi connectivity index (χ1) is 11.5. The van der Waals surface area contributed by atoms with Gasteiger partial charge in [-0.15, -0.1) is 11.8 Å². The largest absolute Gasteiger partial charge is 0.465 e. The maximum Gasteiger partial charge on any atom is 0.339 e. The second kappa shape index (κ2) is 8.70. The highest BCUT2D eigenvalue weighted by atomic mass is 35.5. The molecule has 7 heteroatoms. The summed E-state index contributed by atoms with van der Waals surface area (Å²) in [6, 6.07) is 11.0. The van der Waals surface area contributed by atoms with Gasteiger partial charge in [0.1, 0.15) is 5.82 Å². The first kappa shape index (κ1) is 18.3. The first-order valence-electron chi connectivity index (χ1n) is 7.00. The Morgan fingerprint density at radius 1 is 1.25 bits per heavy atom. The predicted octanol–water partition coefficient (Wildman–Crippen LogP) is 4.14. The zero-order chi connectivity index (χ0) is 17.5. The van der Waals surface area contributed by atoms with Gasteiger partial charge in [-0.25, -0.2) is 9.18 Å². The predicted molar refractivity (Wildman–Crippen MR) is 94.0 cm³/mol. The average molecular weight is 368 g/mol. The summed E-state index contributed by atoms with van der Waals surface area (Å²) < 4.78 is 18.3. The minimum Gasteiger partial charge on any atom is -0.465 e. The molecule has 0 bridgehead atoms. The second-order valence-corrected chi connectivity index (χ2v) is 6.24. The van der Waals surface area contributed by atoms with E-state index in [-0.39, 0.29) is 17.2 Å². The Hall–Kier alpha value is -2.05. The van der Waals surface area contributed by atoms with Crippen molar-refractivity contribution < 1.29 is 18.7 Å². The summed E-state index contributed by atoms with van der Waals surface area (Å²) >= 11 is 6.96. The molecule has 0 unspecified atom stereocenters. The van der Waals surface area contributed by atoms with E-state index >= 15 is 0 Å². The fourth-order valence-electron chi connectivity index (χ4n) is 1.96. The number of methoxy groups -OCH3 is 1. The van der Waals surface area contributed by atoms with Gasteiger partial charge in [-0.3, -0.25) is 4.79 Å². The Morgan fingerprint density at radius 2 is 2.00 bits per heavy atom. The van der Waals surface area contributed by atoms with E-state index in [9.17, 15) is 14.0 Å². The maximum atomic E-state index is 13.7.